The molecule has 1 aromatic rings. The largest absolute Gasteiger partial charge is 0.478 e. The number of carboxylic acid groups (broad SMARTS) is 1. The highest BCUT2D eigenvalue weighted by molar-refractivity contribution is 7.89. The van der Waals surface area contributed by atoms with Gasteiger partial charge in [-0.15, -0.1) is 0 Å². The molecule has 0 saturated heterocycles. The number of hydrogen-bond donors (Lipinski definition) is 2. The van der Waals surface area contributed by atoms with Crippen LogP contribution >= 0.6 is 0 Å². The normalized spacial score (nSPS) is 13.4. The van der Waals surface area contributed by atoms with Crippen molar-refractivity contribution in [3.05, 3.63) is 29.8 Å². The third-order valence-electron chi connectivity index (χ3n) is 3.49. The highest BCUT2D eigenvalue weighted by atomic mass is 32.2. The molecule has 5 nitrogen and oxygen atoms in total. The van der Waals surface area contributed by atoms with Crippen LogP contribution in [0.3, 0.4) is 0 Å². The van der Waals surface area contributed by atoms with Crippen molar-refractivity contribution >= 4 is 16.0 Å². The topological polar surface area (TPSA) is 83.5 Å². The fraction of sp³-hybridized carbons (Fsp3) is 0.500. The number of sulfonamides is 1. The molecule has 0 aliphatic carbocycles. The summed E-state index contributed by atoms with van der Waals surface area (Å²) in [6.45, 7) is 5.87. The lowest BCUT2D eigenvalue weighted by molar-refractivity contribution is 0.0696. The standard InChI is InChI=1S/C14H21NO4S/c1-4-11(5-2)10(3)15-20(18,19)13-8-6-7-12(9-13)14(16)17/h6-11,15H,4-5H2,1-3H3,(H,16,17). The smallest absolute Gasteiger partial charge is 0.335 e. The molecule has 0 fully saturated rings. The van der Waals surface area contributed by atoms with Crippen molar-refractivity contribution in [1.82, 2.24) is 4.72 Å². The van der Waals surface area contributed by atoms with E-state index >= 15 is 0 Å². The second-order valence-electron chi connectivity index (χ2n) is 4.82. The summed E-state index contributed by atoms with van der Waals surface area (Å²) in [7, 11) is -3.69. The van der Waals surface area contributed by atoms with E-state index in [4.69, 9.17) is 5.11 Å². The molecular weight excluding hydrogens is 278 g/mol. The predicted octanol–water partition coefficient (Wildman–Crippen LogP) is 2.49. The Bertz CT molecular complexity index is 564. The Balaban J connectivity index is 2.99. The van der Waals surface area contributed by atoms with E-state index in [9.17, 15) is 13.2 Å². The second kappa shape index (κ2) is 6.85. The van der Waals surface area contributed by atoms with Crippen LogP contribution in [-0.2, 0) is 10.0 Å². The first kappa shape index (κ1) is 16.7. The molecule has 1 unspecified atom stereocenters. The third kappa shape index (κ3) is 4.05. The summed E-state index contributed by atoms with van der Waals surface area (Å²) in [5.74, 6) is -0.887. The van der Waals surface area contributed by atoms with Gasteiger partial charge in [0.2, 0.25) is 10.0 Å². The van der Waals surface area contributed by atoms with Gasteiger partial charge >= 0.3 is 5.97 Å². The Hall–Kier alpha value is -1.40. The monoisotopic (exact) mass is 299 g/mol. The molecule has 0 amide bonds. The molecule has 1 aromatic carbocycles. The molecule has 1 atom stereocenters. The van der Waals surface area contributed by atoms with Gasteiger partial charge in [0, 0.05) is 6.04 Å². The quantitative estimate of drug-likeness (QED) is 0.810. The Kier molecular flexibility index (Phi) is 5.71. The van der Waals surface area contributed by atoms with Crippen LogP contribution in [0.25, 0.3) is 0 Å². The first-order chi connectivity index (χ1) is 9.31. The SMILES string of the molecule is CCC(CC)C(C)NS(=O)(=O)c1cccc(C(=O)O)c1. The van der Waals surface area contributed by atoms with Gasteiger partial charge < -0.3 is 5.11 Å². The van der Waals surface area contributed by atoms with Gasteiger partial charge in [-0.1, -0.05) is 32.8 Å². The summed E-state index contributed by atoms with van der Waals surface area (Å²) in [6, 6.07) is 5.17. The zero-order valence-electron chi connectivity index (χ0n) is 12.0. The van der Waals surface area contributed by atoms with Gasteiger partial charge in [0.25, 0.3) is 0 Å². The number of hydrogen-bond acceptors (Lipinski definition) is 3. The van der Waals surface area contributed by atoms with Gasteiger partial charge in [-0.05, 0) is 31.0 Å². The maximum Gasteiger partial charge on any atom is 0.335 e. The molecule has 0 aliphatic rings. The van der Waals surface area contributed by atoms with E-state index < -0.39 is 16.0 Å². The molecule has 0 saturated carbocycles. The van der Waals surface area contributed by atoms with Crippen molar-refractivity contribution in [1.29, 1.82) is 0 Å². The molecule has 0 heterocycles. The first-order valence-electron chi connectivity index (χ1n) is 6.67. The lowest BCUT2D eigenvalue weighted by Gasteiger charge is -2.22. The third-order valence-corrected chi connectivity index (χ3v) is 5.04. The molecule has 0 radical (unpaired) electrons. The number of aromatic carboxylic acids is 1. The van der Waals surface area contributed by atoms with E-state index in [1.165, 1.54) is 24.3 Å². The number of nitrogens with one attached hydrogen (secondary N) is 1. The Morgan fingerprint density at radius 3 is 2.40 bits per heavy atom. The predicted molar refractivity (Wildman–Crippen MR) is 77.3 cm³/mol. The van der Waals surface area contributed by atoms with Crippen LogP contribution in [0.1, 0.15) is 44.0 Å². The van der Waals surface area contributed by atoms with Crippen molar-refractivity contribution in [2.24, 2.45) is 5.92 Å². The average molecular weight is 299 g/mol. The van der Waals surface area contributed by atoms with E-state index in [0.29, 0.717) is 0 Å². The van der Waals surface area contributed by atoms with Crippen LogP contribution in [0.5, 0.6) is 0 Å². The van der Waals surface area contributed by atoms with Crippen LogP contribution in [-0.4, -0.2) is 25.5 Å². The molecule has 0 bridgehead atoms. The van der Waals surface area contributed by atoms with Crippen LogP contribution in [0.2, 0.25) is 0 Å². The van der Waals surface area contributed by atoms with Crippen molar-refractivity contribution in [3.63, 3.8) is 0 Å². The number of benzene rings is 1. The van der Waals surface area contributed by atoms with Crippen molar-refractivity contribution in [3.8, 4) is 0 Å². The Labute approximate surface area is 120 Å². The zero-order chi connectivity index (χ0) is 15.3. The summed E-state index contributed by atoms with van der Waals surface area (Å²) in [4.78, 5) is 10.9. The summed E-state index contributed by atoms with van der Waals surface area (Å²) >= 11 is 0. The molecule has 6 heteroatoms. The second-order valence-corrected chi connectivity index (χ2v) is 6.53. The summed E-state index contributed by atoms with van der Waals surface area (Å²) in [6.07, 6.45) is 1.77. The lowest BCUT2D eigenvalue weighted by Crippen LogP contribution is -2.37. The van der Waals surface area contributed by atoms with Gasteiger partial charge in [-0.2, -0.15) is 0 Å². The van der Waals surface area contributed by atoms with Crippen molar-refractivity contribution < 1.29 is 18.3 Å². The molecule has 0 aliphatic heterocycles. The highest BCUT2D eigenvalue weighted by Crippen LogP contribution is 2.17. The Morgan fingerprint density at radius 2 is 1.90 bits per heavy atom. The minimum Gasteiger partial charge on any atom is -0.478 e. The summed E-state index contributed by atoms with van der Waals surface area (Å²) in [5.41, 5.74) is -0.0388. The van der Waals surface area contributed by atoms with Crippen LogP contribution < -0.4 is 4.72 Å². The minimum atomic E-state index is -3.69. The molecule has 20 heavy (non-hydrogen) atoms. The van der Waals surface area contributed by atoms with Crippen molar-refractivity contribution in [2.75, 3.05) is 0 Å². The number of carboxylic acids is 1. The van der Waals surface area contributed by atoms with E-state index in [1.807, 2.05) is 20.8 Å². The van der Waals surface area contributed by atoms with Gasteiger partial charge in [0.05, 0.1) is 10.5 Å². The molecule has 1 rings (SSSR count). The zero-order valence-corrected chi connectivity index (χ0v) is 12.8. The van der Waals surface area contributed by atoms with E-state index in [1.54, 1.807) is 0 Å². The number of carbonyl (C=O) groups is 1. The van der Waals surface area contributed by atoms with E-state index in [-0.39, 0.29) is 22.4 Å². The highest BCUT2D eigenvalue weighted by Gasteiger charge is 2.22. The van der Waals surface area contributed by atoms with Crippen LogP contribution in [0.4, 0.5) is 0 Å². The van der Waals surface area contributed by atoms with Gasteiger partial charge in [0.15, 0.2) is 0 Å². The molecule has 112 valence electrons. The van der Waals surface area contributed by atoms with Gasteiger partial charge in [-0.25, -0.2) is 17.9 Å². The number of rotatable bonds is 7. The first-order valence-corrected chi connectivity index (χ1v) is 8.15. The maximum absolute atomic E-state index is 12.2. The van der Waals surface area contributed by atoms with Crippen LogP contribution in [0.15, 0.2) is 29.2 Å². The summed E-state index contributed by atoms with van der Waals surface area (Å²) < 4.78 is 27.1. The van der Waals surface area contributed by atoms with Crippen LogP contribution in [0, 0.1) is 5.92 Å². The lowest BCUT2D eigenvalue weighted by atomic mass is 9.96. The average Bonchev–Trinajstić information content (AvgIpc) is 2.39. The van der Waals surface area contributed by atoms with Gasteiger partial charge in [-0.3, -0.25) is 0 Å². The van der Waals surface area contributed by atoms with Crippen molar-refractivity contribution in [2.45, 2.75) is 44.6 Å². The maximum atomic E-state index is 12.2. The fourth-order valence-electron chi connectivity index (χ4n) is 2.20. The summed E-state index contributed by atoms with van der Waals surface area (Å²) in [5, 5.41) is 8.91. The van der Waals surface area contributed by atoms with E-state index in [0.717, 1.165) is 12.8 Å². The fourth-order valence-corrected chi connectivity index (χ4v) is 3.56. The molecule has 0 spiro atoms. The Morgan fingerprint density at radius 1 is 1.30 bits per heavy atom. The van der Waals surface area contributed by atoms with E-state index in [2.05, 4.69) is 4.72 Å². The molecular formula is C14H21NO4S. The minimum absolute atomic E-state index is 0.0183. The molecule has 0 aromatic heterocycles. The molecule has 2 N–H and O–H groups in total. The van der Waals surface area contributed by atoms with Gasteiger partial charge in [0.1, 0.15) is 0 Å².